The molecule has 0 saturated carbocycles. The normalized spacial score (nSPS) is 11.7. The summed E-state index contributed by atoms with van der Waals surface area (Å²) in [5.41, 5.74) is 2.46. The van der Waals surface area contributed by atoms with Gasteiger partial charge in [-0.1, -0.05) is 85.1 Å². The van der Waals surface area contributed by atoms with Gasteiger partial charge in [-0.25, -0.2) is 4.39 Å². The van der Waals surface area contributed by atoms with Crippen LogP contribution in [0.3, 0.4) is 0 Å². The molecule has 0 aromatic heterocycles. The van der Waals surface area contributed by atoms with Crippen molar-refractivity contribution in [2.75, 3.05) is 12.3 Å². The molecule has 0 bridgehead atoms. The summed E-state index contributed by atoms with van der Waals surface area (Å²) in [5.74, 6) is -0.0244. The number of benzene rings is 3. The first-order valence-corrected chi connectivity index (χ1v) is 14.2. The summed E-state index contributed by atoms with van der Waals surface area (Å²) in [5, 5.41) is 3.88. The number of nitrogens with one attached hydrogen (secondary N) is 1. The Hall–Kier alpha value is -2.54. The van der Waals surface area contributed by atoms with E-state index in [1.54, 1.807) is 35.2 Å². The maximum atomic E-state index is 13.7. The van der Waals surface area contributed by atoms with Gasteiger partial charge in [-0.2, -0.15) is 0 Å². The minimum Gasteiger partial charge on any atom is -0.354 e. The standard InChI is InChI=1S/C29H31Cl2FN2O2S/c1-2-3-16-33-29(36)27(17-21-8-5-4-6-9-21)34(18-24-25(30)10-7-11-26(24)31)28(35)20-37-19-22-12-14-23(32)15-13-22/h4-15,27H,2-3,16-20H2,1H3,(H,33,36). The summed E-state index contributed by atoms with van der Waals surface area (Å²) in [4.78, 5) is 28.7. The molecule has 0 fully saturated rings. The highest BCUT2D eigenvalue weighted by Crippen LogP contribution is 2.28. The zero-order valence-electron chi connectivity index (χ0n) is 20.8. The van der Waals surface area contributed by atoms with Crippen molar-refractivity contribution in [3.8, 4) is 0 Å². The van der Waals surface area contributed by atoms with Crippen LogP contribution in [0.2, 0.25) is 10.0 Å². The Balaban J connectivity index is 1.87. The fourth-order valence-corrected chi connectivity index (χ4v) is 5.22. The number of thioether (sulfide) groups is 1. The summed E-state index contributed by atoms with van der Waals surface area (Å²) < 4.78 is 13.2. The molecule has 8 heteroatoms. The molecule has 196 valence electrons. The van der Waals surface area contributed by atoms with Crippen molar-refractivity contribution in [3.05, 3.63) is 105 Å². The van der Waals surface area contributed by atoms with E-state index in [0.29, 0.717) is 34.3 Å². The second-order valence-electron chi connectivity index (χ2n) is 8.69. The van der Waals surface area contributed by atoms with Crippen LogP contribution in [0.25, 0.3) is 0 Å². The van der Waals surface area contributed by atoms with E-state index in [9.17, 15) is 14.0 Å². The van der Waals surface area contributed by atoms with E-state index in [4.69, 9.17) is 23.2 Å². The molecule has 0 aliphatic heterocycles. The molecule has 0 heterocycles. The Morgan fingerprint density at radius 1 is 0.946 bits per heavy atom. The van der Waals surface area contributed by atoms with Crippen LogP contribution in [0.5, 0.6) is 0 Å². The van der Waals surface area contributed by atoms with Gasteiger partial charge in [0.15, 0.2) is 0 Å². The second-order valence-corrected chi connectivity index (χ2v) is 10.5. The molecule has 1 unspecified atom stereocenters. The predicted molar refractivity (Wildman–Crippen MR) is 151 cm³/mol. The smallest absolute Gasteiger partial charge is 0.243 e. The lowest BCUT2D eigenvalue weighted by Crippen LogP contribution is -2.51. The number of unbranched alkanes of at least 4 members (excludes halogenated alkanes) is 1. The summed E-state index contributed by atoms with van der Waals surface area (Å²) in [6, 6.07) is 20.3. The number of hydrogen-bond donors (Lipinski definition) is 1. The fourth-order valence-electron chi connectivity index (χ4n) is 3.83. The van der Waals surface area contributed by atoms with Gasteiger partial charge in [-0.05, 0) is 41.8 Å². The molecule has 0 spiro atoms. The largest absolute Gasteiger partial charge is 0.354 e. The van der Waals surface area contributed by atoms with E-state index in [2.05, 4.69) is 12.2 Å². The topological polar surface area (TPSA) is 49.4 Å². The molecule has 1 atom stereocenters. The van der Waals surface area contributed by atoms with Gasteiger partial charge in [0.05, 0.1) is 5.75 Å². The summed E-state index contributed by atoms with van der Waals surface area (Å²) >= 11 is 14.3. The van der Waals surface area contributed by atoms with Gasteiger partial charge in [0, 0.05) is 40.9 Å². The Kier molecular flexibility index (Phi) is 11.8. The number of rotatable bonds is 13. The average molecular weight is 562 g/mol. The third kappa shape index (κ3) is 9.06. The van der Waals surface area contributed by atoms with Crippen LogP contribution in [0, 0.1) is 5.82 Å². The first-order valence-electron chi connectivity index (χ1n) is 12.2. The molecule has 3 rings (SSSR count). The molecule has 3 aromatic rings. The van der Waals surface area contributed by atoms with Crippen LogP contribution in [-0.2, 0) is 28.3 Å². The zero-order chi connectivity index (χ0) is 26.6. The third-order valence-corrected chi connectivity index (χ3v) is 7.60. The van der Waals surface area contributed by atoms with Crippen molar-refractivity contribution in [3.63, 3.8) is 0 Å². The lowest BCUT2D eigenvalue weighted by Gasteiger charge is -2.32. The molecule has 0 saturated heterocycles. The maximum absolute atomic E-state index is 13.7. The quantitative estimate of drug-likeness (QED) is 0.231. The first kappa shape index (κ1) is 29.0. The van der Waals surface area contributed by atoms with Gasteiger partial charge in [0.25, 0.3) is 0 Å². The fraction of sp³-hybridized carbons (Fsp3) is 0.310. The number of hydrogen-bond acceptors (Lipinski definition) is 3. The van der Waals surface area contributed by atoms with E-state index >= 15 is 0 Å². The number of halogens is 3. The van der Waals surface area contributed by atoms with Crippen LogP contribution < -0.4 is 5.32 Å². The Bertz CT molecular complexity index is 1140. The SMILES string of the molecule is CCCCNC(=O)C(Cc1ccccc1)N(Cc1c(Cl)cccc1Cl)C(=O)CSCc1ccc(F)cc1. The molecule has 0 aliphatic rings. The van der Waals surface area contributed by atoms with Crippen molar-refractivity contribution in [2.45, 2.75) is 44.5 Å². The van der Waals surface area contributed by atoms with E-state index in [1.807, 2.05) is 30.3 Å². The average Bonchev–Trinajstić information content (AvgIpc) is 2.89. The highest BCUT2D eigenvalue weighted by Gasteiger charge is 2.31. The second kappa shape index (κ2) is 15.0. The van der Waals surface area contributed by atoms with E-state index < -0.39 is 6.04 Å². The van der Waals surface area contributed by atoms with Crippen molar-refractivity contribution in [1.82, 2.24) is 10.2 Å². The van der Waals surface area contributed by atoms with Crippen LogP contribution in [-0.4, -0.2) is 35.1 Å². The Labute approximate surface area is 232 Å². The van der Waals surface area contributed by atoms with Gasteiger partial charge in [0.2, 0.25) is 11.8 Å². The third-order valence-electron chi connectivity index (χ3n) is 5.90. The molecule has 4 nitrogen and oxygen atoms in total. The highest BCUT2D eigenvalue weighted by molar-refractivity contribution is 7.99. The van der Waals surface area contributed by atoms with Gasteiger partial charge in [-0.3, -0.25) is 9.59 Å². The molecule has 3 aromatic carbocycles. The van der Waals surface area contributed by atoms with Crippen molar-refractivity contribution >= 4 is 46.8 Å². The van der Waals surface area contributed by atoms with Crippen LogP contribution in [0.15, 0.2) is 72.8 Å². The summed E-state index contributed by atoms with van der Waals surface area (Å²) in [6.07, 6.45) is 2.15. The minimum absolute atomic E-state index is 0.104. The molecule has 0 aliphatic carbocycles. The van der Waals surface area contributed by atoms with E-state index in [-0.39, 0.29) is 29.9 Å². The lowest BCUT2D eigenvalue weighted by molar-refractivity contribution is -0.139. The van der Waals surface area contributed by atoms with Gasteiger partial charge >= 0.3 is 0 Å². The number of carbonyl (C=O) groups excluding carboxylic acids is 2. The van der Waals surface area contributed by atoms with Gasteiger partial charge < -0.3 is 10.2 Å². The van der Waals surface area contributed by atoms with Crippen LogP contribution >= 0.6 is 35.0 Å². The van der Waals surface area contributed by atoms with Gasteiger partial charge in [-0.15, -0.1) is 11.8 Å². The highest BCUT2D eigenvalue weighted by atomic mass is 35.5. The number of carbonyl (C=O) groups is 2. The lowest BCUT2D eigenvalue weighted by atomic mass is 10.0. The molecule has 1 N–H and O–H groups in total. The molecule has 37 heavy (non-hydrogen) atoms. The Morgan fingerprint density at radius 2 is 1.62 bits per heavy atom. The Morgan fingerprint density at radius 3 is 2.27 bits per heavy atom. The van der Waals surface area contributed by atoms with Crippen LogP contribution in [0.1, 0.15) is 36.5 Å². The molecular formula is C29H31Cl2FN2O2S. The number of amides is 2. The monoisotopic (exact) mass is 560 g/mol. The number of nitrogens with zero attached hydrogens (tertiary/aromatic N) is 1. The molecular weight excluding hydrogens is 530 g/mol. The molecule has 0 radical (unpaired) electrons. The zero-order valence-corrected chi connectivity index (χ0v) is 23.1. The van der Waals surface area contributed by atoms with Crippen LogP contribution in [0.4, 0.5) is 4.39 Å². The summed E-state index contributed by atoms with van der Waals surface area (Å²) in [7, 11) is 0. The molecule has 2 amide bonds. The first-order chi connectivity index (χ1) is 17.9. The maximum Gasteiger partial charge on any atom is 0.243 e. The van der Waals surface area contributed by atoms with E-state index in [1.165, 1.54) is 23.9 Å². The van der Waals surface area contributed by atoms with Gasteiger partial charge in [0.1, 0.15) is 11.9 Å². The van der Waals surface area contributed by atoms with Crippen molar-refractivity contribution in [2.24, 2.45) is 0 Å². The predicted octanol–water partition coefficient (Wildman–Crippen LogP) is 6.92. The minimum atomic E-state index is -0.745. The van der Waals surface area contributed by atoms with E-state index in [0.717, 1.165) is 24.0 Å². The van der Waals surface area contributed by atoms with Crippen molar-refractivity contribution in [1.29, 1.82) is 0 Å². The summed E-state index contributed by atoms with van der Waals surface area (Å²) in [6.45, 7) is 2.70. The van der Waals surface area contributed by atoms with Crippen molar-refractivity contribution < 1.29 is 14.0 Å².